The molecule has 3 nitrogen and oxygen atoms in total. The molecule has 18 heavy (non-hydrogen) atoms. The summed E-state index contributed by atoms with van der Waals surface area (Å²) in [6.45, 7) is 6.49. The summed E-state index contributed by atoms with van der Waals surface area (Å²) < 4.78 is 11.2. The summed E-state index contributed by atoms with van der Waals surface area (Å²) in [4.78, 5) is 0. The van der Waals surface area contributed by atoms with Crippen LogP contribution in [0.1, 0.15) is 43.2 Å². The lowest BCUT2D eigenvalue weighted by atomic mass is 9.91. The van der Waals surface area contributed by atoms with Gasteiger partial charge < -0.3 is 14.8 Å². The minimum Gasteiger partial charge on any atom is -0.496 e. The largest absolute Gasteiger partial charge is 0.496 e. The average Bonchev–Trinajstić information content (AvgIpc) is 2.90. The predicted octanol–water partition coefficient (Wildman–Crippen LogP) is 2.90. The van der Waals surface area contributed by atoms with Crippen molar-refractivity contribution in [3.8, 4) is 11.5 Å². The molecule has 1 atom stereocenters. The number of benzene rings is 1. The van der Waals surface area contributed by atoms with Crippen molar-refractivity contribution < 1.29 is 9.47 Å². The molecule has 1 saturated heterocycles. The van der Waals surface area contributed by atoms with Crippen LogP contribution in [0.5, 0.6) is 11.5 Å². The molecular formula is C15H23NO2. The molecule has 0 saturated carbocycles. The molecule has 1 N–H and O–H groups in total. The molecule has 1 aromatic rings. The molecule has 1 aromatic carbocycles. The van der Waals surface area contributed by atoms with E-state index < -0.39 is 0 Å². The Kier molecular flexibility index (Phi) is 4.12. The Morgan fingerprint density at radius 2 is 2.00 bits per heavy atom. The van der Waals surface area contributed by atoms with E-state index in [1.54, 1.807) is 14.2 Å². The second-order valence-corrected chi connectivity index (χ2v) is 5.15. The molecule has 0 aromatic heterocycles. The third-order valence-corrected chi connectivity index (χ3v) is 3.69. The van der Waals surface area contributed by atoms with Crippen LogP contribution in [0, 0.1) is 0 Å². The molecule has 3 heteroatoms. The van der Waals surface area contributed by atoms with Gasteiger partial charge in [0.1, 0.15) is 11.5 Å². The Labute approximate surface area is 109 Å². The topological polar surface area (TPSA) is 30.5 Å². The standard InChI is InChI=1S/C15H23NO2/c1-10(2)14-13(17-3)6-5-12(15(14)18-4)11-7-8-16-9-11/h5-6,10-11,16H,7-9H2,1-4H3. The van der Waals surface area contributed by atoms with E-state index in [0.717, 1.165) is 24.6 Å². The summed E-state index contributed by atoms with van der Waals surface area (Å²) in [5.74, 6) is 2.89. The van der Waals surface area contributed by atoms with Crippen LogP contribution < -0.4 is 14.8 Å². The van der Waals surface area contributed by atoms with Crippen LogP contribution in [0.3, 0.4) is 0 Å². The van der Waals surface area contributed by atoms with E-state index in [0.29, 0.717) is 11.8 Å². The first kappa shape index (κ1) is 13.2. The molecule has 0 radical (unpaired) electrons. The second-order valence-electron chi connectivity index (χ2n) is 5.15. The Morgan fingerprint density at radius 3 is 2.50 bits per heavy atom. The molecule has 0 amide bonds. The summed E-state index contributed by atoms with van der Waals surface area (Å²) in [5.41, 5.74) is 2.50. The van der Waals surface area contributed by atoms with Crippen LogP contribution in [-0.2, 0) is 0 Å². The Bertz CT molecular complexity index is 409. The minimum atomic E-state index is 0.393. The highest BCUT2D eigenvalue weighted by atomic mass is 16.5. The van der Waals surface area contributed by atoms with E-state index >= 15 is 0 Å². The third kappa shape index (κ3) is 2.32. The Morgan fingerprint density at radius 1 is 1.22 bits per heavy atom. The van der Waals surface area contributed by atoms with Gasteiger partial charge in [-0.05, 0) is 30.5 Å². The normalized spacial score (nSPS) is 19.3. The monoisotopic (exact) mass is 249 g/mol. The van der Waals surface area contributed by atoms with Crippen molar-refractivity contribution in [2.75, 3.05) is 27.3 Å². The molecule has 0 bridgehead atoms. The molecule has 1 unspecified atom stereocenters. The van der Waals surface area contributed by atoms with Crippen LogP contribution in [0.4, 0.5) is 0 Å². The zero-order valence-electron chi connectivity index (χ0n) is 11.7. The first-order valence-electron chi connectivity index (χ1n) is 6.64. The first-order chi connectivity index (χ1) is 8.69. The number of hydrogen-bond acceptors (Lipinski definition) is 3. The van der Waals surface area contributed by atoms with Gasteiger partial charge in [0.2, 0.25) is 0 Å². The highest BCUT2D eigenvalue weighted by Gasteiger charge is 2.24. The minimum absolute atomic E-state index is 0.393. The molecule has 1 aliphatic rings. The van der Waals surface area contributed by atoms with E-state index in [9.17, 15) is 0 Å². The number of methoxy groups -OCH3 is 2. The van der Waals surface area contributed by atoms with Crippen molar-refractivity contribution in [2.24, 2.45) is 0 Å². The van der Waals surface area contributed by atoms with E-state index in [2.05, 4.69) is 31.3 Å². The number of rotatable bonds is 4. The van der Waals surface area contributed by atoms with Gasteiger partial charge in [-0.2, -0.15) is 0 Å². The smallest absolute Gasteiger partial charge is 0.129 e. The summed E-state index contributed by atoms with van der Waals surface area (Å²) in [6.07, 6.45) is 1.18. The van der Waals surface area contributed by atoms with Gasteiger partial charge in [-0.1, -0.05) is 19.9 Å². The average molecular weight is 249 g/mol. The fourth-order valence-electron chi connectivity index (χ4n) is 2.79. The fourth-order valence-corrected chi connectivity index (χ4v) is 2.79. The zero-order valence-corrected chi connectivity index (χ0v) is 11.7. The lowest BCUT2D eigenvalue weighted by molar-refractivity contribution is 0.376. The highest BCUT2D eigenvalue weighted by Crippen LogP contribution is 2.41. The lowest BCUT2D eigenvalue weighted by Crippen LogP contribution is -2.10. The van der Waals surface area contributed by atoms with E-state index in [-0.39, 0.29) is 0 Å². The molecular weight excluding hydrogens is 226 g/mol. The van der Waals surface area contributed by atoms with Crippen LogP contribution >= 0.6 is 0 Å². The summed E-state index contributed by atoms with van der Waals surface area (Å²) >= 11 is 0. The number of nitrogens with one attached hydrogen (secondary N) is 1. The van der Waals surface area contributed by atoms with Crippen molar-refractivity contribution in [3.63, 3.8) is 0 Å². The van der Waals surface area contributed by atoms with Gasteiger partial charge in [-0.15, -0.1) is 0 Å². The lowest BCUT2D eigenvalue weighted by Gasteiger charge is -2.21. The van der Waals surface area contributed by atoms with Gasteiger partial charge in [0, 0.05) is 18.0 Å². The van der Waals surface area contributed by atoms with Gasteiger partial charge in [0.15, 0.2) is 0 Å². The summed E-state index contributed by atoms with van der Waals surface area (Å²) in [6, 6.07) is 4.23. The maximum absolute atomic E-state index is 5.68. The molecule has 1 fully saturated rings. The van der Waals surface area contributed by atoms with E-state index in [1.165, 1.54) is 17.5 Å². The van der Waals surface area contributed by atoms with Gasteiger partial charge in [0.05, 0.1) is 14.2 Å². The van der Waals surface area contributed by atoms with Crippen molar-refractivity contribution >= 4 is 0 Å². The second kappa shape index (κ2) is 5.61. The SMILES string of the molecule is COc1ccc(C2CCNC2)c(OC)c1C(C)C. The maximum atomic E-state index is 5.68. The maximum Gasteiger partial charge on any atom is 0.129 e. The van der Waals surface area contributed by atoms with Gasteiger partial charge in [-0.25, -0.2) is 0 Å². The summed E-state index contributed by atoms with van der Waals surface area (Å²) in [5, 5.41) is 3.41. The predicted molar refractivity (Wildman–Crippen MR) is 73.9 cm³/mol. The van der Waals surface area contributed by atoms with Gasteiger partial charge in [-0.3, -0.25) is 0 Å². The van der Waals surface area contributed by atoms with Crippen molar-refractivity contribution in [2.45, 2.75) is 32.1 Å². The molecule has 2 rings (SSSR count). The van der Waals surface area contributed by atoms with Crippen molar-refractivity contribution in [1.82, 2.24) is 5.32 Å². The quantitative estimate of drug-likeness (QED) is 0.890. The Hall–Kier alpha value is -1.22. The Balaban J connectivity index is 2.50. The molecule has 0 aliphatic carbocycles. The van der Waals surface area contributed by atoms with Crippen LogP contribution in [-0.4, -0.2) is 27.3 Å². The van der Waals surface area contributed by atoms with Crippen LogP contribution in [0.25, 0.3) is 0 Å². The van der Waals surface area contributed by atoms with Crippen LogP contribution in [0.2, 0.25) is 0 Å². The number of ether oxygens (including phenoxy) is 2. The zero-order chi connectivity index (χ0) is 13.1. The third-order valence-electron chi connectivity index (χ3n) is 3.69. The molecule has 0 spiro atoms. The molecule has 1 aliphatic heterocycles. The first-order valence-corrected chi connectivity index (χ1v) is 6.64. The highest BCUT2D eigenvalue weighted by molar-refractivity contribution is 5.53. The van der Waals surface area contributed by atoms with E-state index in [4.69, 9.17) is 9.47 Å². The van der Waals surface area contributed by atoms with Gasteiger partial charge >= 0.3 is 0 Å². The number of hydrogen-bond donors (Lipinski definition) is 1. The van der Waals surface area contributed by atoms with E-state index in [1.807, 2.05) is 0 Å². The molecule has 1 heterocycles. The van der Waals surface area contributed by atoms with Gasteiger partial charge in [0.25, 0.3) is 0 Å². The van der Waals surface area contributed by atoms with Crippen molar-refractivity contribution in [3.05, 3.63) is 23.3 Å². The summed E-state index contributed by atoms with van der Waals surface area (Å²) in [7, 11) is 3.48. The fraction of sp³-hybridized carbons (Fsp3) is 0.600. The molecule has 100 valence electrons. The van der Waals surface area contributed by atoms with Crippen molar-refractivity contribution in [1.29, 1.82) is 0 Å². The van der Waals surface area contributed by atoms with Crippen LogP contribution in [0.15, 0.2) is 12.1 Å².